The summed E-state index contributed by atoms with van der Waals surface area (Å²) in [6.45, 7) is 0. The van der Waals surface area contributed by atoms with Crippen LogP contribution in [0.15, 0.2) is 59.6 Å². The number of carbonyl (C=O) groups excluding carboxylic acids is 1. The van der Waals surface area contributed by atoms with Crippen LogP contribution in [0.1, 0.15) is 22.3 Å². The standard InChI is InChI=1S/C20H15F3N4O/c21-20(22,23)14-8-2-1-6-12(14)18-25-15-9-5-7-13(17(15)27-18)19(28)26-16-10-3-4-11-24-16/h1-9,11,16H,10H2,(H,25,27)(H,26,28). The van der Waals surface area contributed by atoms with Crippen LogP contribution in [-0.4, -0.2) is 28.3 Å². The third-order valence-electron chi connectivity index (χ3n) is 4.39. The van der Waals surface area contributed by atoms with Gasteiger partial charge in [-0.1, -0.05) is 30.3 Å². The topological polar surface area (TPSA) is 70.1 Å². The second kappa shape index (κ2) is 6.95. The summed E-state index contributed by atoms with van der Waals surface area (Å²) in [5.74, 6) is -0.327. The lowest BCUT2D eigenvalue weighted by molar-refractivity contribution is -0.137. The summed E-state index contributed by atoms with van der Waals surface area (Å²) in [5, 5.41) is 2.79. The summed E-state index contributed by atoms with van der Waals surface area (Å²) in [6.07, 6.45) is 0.971. The molecule has 0 bridgehead atoms. The Hall–Kier alpha value is -3.42. The highest BCUT2D eigenvalue weighted by molar-refractivity contribution is 6.05. The summed E-state index contributed by atoms with van der Waals surface area (Å²) in [4.78, 5) is 24.0. The second-order valence-corrected chi connectivity index (χ2v) is 6.28. The average molecular weight is 384 g/mol. The molecular formula is C20H15F3N4O. The van der Waals surface area contributed by atoms with Crippen molar-refractivity contribution in [1.82, 2.24) is 15.3 Å². The van der Waals surface area contributed by atoms with Crippen LogP contribution in [0.5, 0.6) is 0 Å². The number of allylic oxidation sites excluding steroid dienone is 1. The SMILES string of the molecule is O=C(NC1CC=CC=N1)c1cccc2[nH]c(-c3ccccc3C(F)(F)F)nc12. The molecule has 1 atom stereocenters. The molecular weight excluding hydrogens is 369 g/mol. The van der Waals surface area contributed by atoms with Gasteiger partial charge in [-0.25, -0.2) is 4.98 Å². The van der Waals surface area contributed by atoms with E-state index in [4.69, 9.17) is 0 Å². The Kier molecular flexibility index (Phi) is 4.46. The number of fused-ring (bicyclic) bond motifs is 1. The Morgan fingerprint density at radius 3 is 2.71 bits per heavy atom. The van der Waals surface area contributed by atoms with Crippen molar-refractivity contribution >= 4 is 23.2 Å². The third-order valence-corrected chi connectivity index (χ3v) is 4.39. The van der Waals surface area contributed by atoms with Crippen LogP contribution >= 0.6 is 0 Å². The molecule has 5 nitrogen and oxygen atoms in total. The number of H-pyrrole nitrogens is 1. The Balaban J connectivity index is 1.73. The number of hydrogen-bond acceptors (Lipinski definition) is 3. The number of aliphatic imine (C=N–C) groups is 1. The highest BCUT2D eigenvalue weighted by atomic mass is 19.4. The van der Waals surface area contributed by atoms with Crippen LogP contribution in [0.3, 0.4) is 0 Å². The normalized spacial score (nSPS) is 16.5. The number of amides is 1. The zero-order chi connectivity index (χ0) is 19.7. The maximum absolute atomic E-state index is 13.3. The first-order valence-corrected chi connectivity index (χ1v) is 8.58. The van der Waals surface area contributed by atoms with Gasteiger partial charge in [-0.3, -0.25) is 9.79 Å². The number of rotatable bonds is 3. The molecule has 1 aliphatic heterocycles. The van der Waals surface area contributed by atoms with Crippen molar-refractivity contribution < 1.29 is 18.0 Å². The number of para-hydroxylation sites is 1. The number of dihydropyridines is 1. The average Bonchev–Trinajstić information content (AvgIpc) is 3.12. The van der Waals surface area contributed by atoms with Gasteiger partial charge in [-0.05, 0) is 24.3 Å². The van der Waals surface area contributed by atoms with E-state index >= 15 is 0 Å². The predicted octanol–water partition coefficient (Wildman–Crippen LogP) is 4.34. The Morgan fingerprint density at radius 2 is 1.96 bits per heavy atom. The van der Waals surface area contributed by atoms with Gasteiger partial charge in [0, 0.05) is 18.2 Å². The van der Waals surface area contributed by atoms with Crippen molar-refractivity contribution in [3.8, 4) is 11.4 Å². The fourth-order valence-electron chi connectivity index (χ4n) is 3.09. The van der Waals surface area contributed by atoms with Gasteiger partial charge in [0.2, 0.25) is 0 Å². The summed E-state index contributed by atoms with van der Waals surface area (Å²) in [5.41, 5.74) is 0.200. The molecule has 142 valence electrons. The third kappa shape index (κ3) is 3.40. The van der Waals surface area contributed by atoms with Gasteiger partial charge < -0.3 is 10.3 Å². The maximum Gasteiger partial charge on any atom is 0.417 e. The minimum Gasteiger partial charge on any atom is -0.338 e. The molecule has 2 heterocycles. The molecule has 0 fully saturated rings. The molecule has 1 amide bonds. The molecule has 0 saturated heterocycles. The van der Waals surface area contributed by atoms with Crippen molar-refractivity contribution in [3.05, 3.63) is 65.7 Å². The van der Waals surface area contributed by atoms with Gasteiger partial charge in [0.25, 0.3) is 5.91 Å². The van der Waals surface area contributed by atoms with E-state index in [2.05, 4.69) is 20.3 Å². The number of nitrogens with one attached hydrogen (secondary N) is 2. The van der Waals surface area contributed by atoms with E-state index in [-0.39, 0.29) is 29.0 Å². The number of benzene rings is 2. The fourth-order valence-corrected chi connectivity index (χ4v) is 3.09. The van der Waals surface area contributed by atoms with Gasteiger partial charge in [-0.2, -0.15) is 13.2 Å². The molecule has 0 saturated carbocycles. The predicted molar refractivity (Wildman–Crippen MR) is 100 cm³/mol. The van der Waals surface area contributed by atoms with Crippen LogP contribution < -0.4 is 5.32 Å². The first-order valence-electron chi connectivity index (χ1n) is 8.58. The van der Waals surface area contributed by atoms with Crippen LogP contribution in [0, 0.1) is 0 Å². The molecule has 0 spiro atoms. The summed E-state index contributed by atoms with van der Waals surface area (Å²) >= 11 is 0. The van der Waals surface area contributed by atoms with Gasteiger partial charge >= 0.3 is 6.18 Å². The molecule has 4 rings (SSSR count). The minimum atomic E-state index is -4.51. The van der Waals surface area contributed by atoms with Crippen molar-refractivity contribution in [2.75, 3.05) is 0 Å². The van der Waals surface area contributed by atoms with E-state index in [9.17, 15) is 18.0 Å². The molecule has 1 aliphatic rings. The Labute approximate surface area is 158 Å². The molecule has 0 radical (unpaired) electrons. The molecule has 2 aromatic carbocycles. The molecule has 28 heavy (non-hydrogen) atoms. The number of imidazole rings is 1. The van der Waals surface area contributed by atoms with Crippen LogP contribution in [0.2, 0.25) is 0 Å². The molecule has 2 N–H and O–H groups in total. The van der Waals surface area contributed by atoms with Crippen molar-refractivity contribution in [3.63, 3.8) is 0 Å². The van der Waals surface area contributed by atoms with Gasteiger partial charge in [0.1, 0.15) is 17.5 Å². The van der Waals surface area contributed by atoms with E-state index in [1.807, 2.05) is 6.08 Å². The lowest BCUT2D eigenvalue weighted by Gasteiger charge is -2.14. The smallest absolute Gasteiger partial charge is 0.338 e. The van der Waals surface area contributed by atoms with E-state index in [0.29, 0.717) is 17.5 Å². The Morgan fingerprint density at radius 1 is 1.14 bits per heavy atom. The molecule has 1 unspecified atom stereocenters. The molecule has 8 heteroatoms. The number of hydrogen-bond donors (Lipinski definition) is 2. The van der Waals surface area contributed by atoms with E-state index < -0.39 is 11.7 Å². The fraction of sp³-hybridized carbons (Fsp3) is 0.150. The summed E-state index contributed by atoms with van der Waals surface area (Å²) in [7, 11) is 0. The zero-order valence-electron chi connectivity index (χ0n) is 14.5. The zero-order valence-corrected chi connectivity index (χ0v) is 14.5. The van der Waals surface area contributed by atoms with Crippen LogP contribution in [0.4, 0.5) is 13.2 Å². The van der Waals surface area contributed by atoms with Crippen molar-refractivity contribution in [2.45, 2.75) is 18.8 Å². The number of alkyl halides is 3. The first kappa shape index (κ1) is 18.0. The van der Waals surface area contributed by atoms with E-state index in [1.165, 1.54) is 18.2 Å². The summed E-state index contributed by atoms with van der Waals surface area (Å²) in [6, 6.07) is 10.1. The van der Waals surface area contributed by atoms with Crippen LogP contribution in [0.25, 0.3) is 22.4 Å². The van der Waals surface area contributed by atoms with Crippen LogP contribution in [-0.2, 0) is 6.18 Å². The maximum atomic E-state index is 13.3. The van der Waals surface area contributed by atoms with Crippen molar-refractivity contribution in [1.29, 1.82) is 0 Å². The van der Waals surface area contributed by atoms with Gasteiger partial charge in [-0.15, -0.1) is 0 Å². The molecule has 3 aromatic rings. The molecule has 1 aromatic heterocycles. The van der Waals surface area contributed by atoms with Crippen molar-refractivity contribution in [2.24, 2.45) is 4.99 Å². The number of halogens is 3. The lowest BCUT2D eigenvalue weighted by atomic mass is 10.1. The van der Waals surface area contributed by atoms with E-state index in [1.54, 1.807) is 30.5 Å². The van der Waals surface area contributed by atoms with E-state index in [0.717, 1.165) is 6.07 Å². The number of aromatic nitrogens is 2. The van der Waals surface area contributed by atoms with Gasteiger partial charge in [0.05, 0.1) is 16.6 Å². The first-order chi connectivity index (χ1) is 13.4. The quantitative estimate of drug-likeness (QED) is 0.705. The largest absolute Gasteiger partial charge is 0.417 e. The minimum absolute atomic E-state index is 0.0572. The highest BCUT2D eigenvalue weighted by Crippen LogP contribution is 2.36. The monoisotopic (exact) mass is 384 g/mol. The second-order valence-electron chi connectivity index (χ2n) is 6.28. The number of nitrogens with zero attached hydrogens (tertiary/aromatic N) is 2. The Bertz CT molecular complexity index is 1100. The summed E-state index contributed by atoms with van der Waals surface area (Å²) < 4.78 is 40.0. The van der Waals surface area contributed by atoms with Gasteiger partial charge in [0.15, 0.2) is 0 Å². The number of aromatic amines is 1. The molecule has 0 aliphatic carbocycles. The lowest BCUT2D eigenvalue weighted by Crippen LogP contribution is -2.34. The highest BCUT2D eigenvalue weighted by Gasteiger charge is 2.34. The number of carbonyl (C=O) groups is 1.